The van der Waals surface area contributed by atoms with Crippen molar-refractivity contribution in [1.82, 2.24) is 0 Å². The average molecular weight is 229 g/mol. The Labute approximate surface area is 97.9 Å². The van der Waals surface area contributed by atoms with Gasteiger partial charge in [0.25, 0.3) is 0 Å². The van der Waals surface area contributed by atoms with Crippen LogP contribution in [0.4, 0.5) is 8.78 Å². The normalized spacial score (nSPS) is 10.0. The number of hydrogen-bond acceptors (Lipinski definition) is 1. The zero-order valence-corrected chi connectivity index (χ0v) is 9.17. The Hall–Kier alpha value is -2.21. The van der Waals surface area contributed by atoms with E-state index in [0.29, 0.717) is 16.7 Å². The molecule has 0 amide bonds. The van der Waals surface area contributed by atoms with Gasteiger partial charge in [0.15, 0.2) is 0 Å². The van der Waals surface area contributed by atoms with Crippen LogP contribution in [0.3, 0.4) is 0 Å². The van der Waals surface area contributed by atoms with Gasteiger partial charge in [-0.2, -0.15) is 5.26 Å². The predicted molar refractivity (Wildman–Crippen MR) is 61.2 cm³/mol. The Kier molecular flexibility index (Phi) is 2.88. The maximum Gasteiger partial charge on any atom is 0.126 e. The Morgan fingerprint density at radius 3 is 2.29 bits per heavy atom. The van der Waals surface area contributed by atoms with E-state index in [-0.39, 0.29) is 0 Å². The molecule has 0 heterocycles. The van der Waals surface area contributed by atoms with Crippen molar-refractivity contribution >= 4 is 0 Å². The molecule has 0 aliphatic rings. The summed E-state index contributed by atoms with van der Waals surface area (Å²) >= 11 is 0. The van der Waals surface area contributed by atoms with Gasteiger partial charge in [0.05, 0.1) is 11.6 Å². The number of nitrogens with zero attached hydrogens (tertiary/aromatic N) is 1. The Balaban J connectivity index is 2.72. The highest BCUT2D eigenvalue weighted by atomic mass is 19.1. The van der Waals surface area contributed by atoms with Crippen molar-refractivity contribution in [2.45, 2.75) is 6.92 Å². The SMILES string of the molecule is Cc1cccc(C#N)c1-c1cc(F)cc(F)c1. The number of benzene rings is 2. The number of aryl methyl sites for hydroxylation is 1. The minimum atomic E-state index is -0.646. The van der Waals surface area contributed by atoms with Crippen LogP contribution in [0.2, 0.25) is 0 Å². The third-order valence-electron chi connectivity index (χ3n) is 2.54. The summed E-state index contributed by atoms with van der Waals surface area (Å²) in [6, 6.07) is 10.5. The maximum atomic E-state index is 13.2. The second kappa shape index (κ2) is 4.34. The van der Waals surface area contributed by atoms with E-state index in [0.717, 1.165) is 11.6 Å². The molecule has 0 unspecified atom stereocenters. The van der Waals surface area contributed by atoms with E-state index in [9.17, 15) is 8.78 Å². The average Bonchev–Trinajstić information content (AvgIpc) is 2.27. The predicted octanol–water partition coefficient (Wildman–Crippen LogP) is 3.81. The lowest BCUT2D eigenvalue weighted by Gasteiger charge is -2.08. The van der Waals surface area contributed by atoms with Crippen molar-refractivity contribution in [1.29, 1.82) is 5.26 Å². The van der Waals surface area contributed by atoms with Gasteiger partial charge in [0, 0.05) is 11.6 Å². The lowest BCUT2D eigenvalue weighted by atomic mass is 9.95. The van der Waals surface area contributed by atoms with Gasteiger partial charge >= 0.3 is 0 Å². The van der Waals surface area contributed by atoms with Crippen LogP contribution < -0.4 is 0 Å². The standard InChI is InChI=1S/C14H9F2N/c1-9-3-2-4-10(8-17)14(9)11-5-12(15)7-13(16)6-11/h2-7H,1H3. The molecule has 2 rings (SSSR count). The van der Waals surface area contributed by atoms with Gasteiger partial charge in [-0.25, -0.2) is 8.78 Å². The van der Waals surface area contributed by atoms with Gasteiger partial charge in [-0.1, -0.05) is 12.1 Å². The van der Waals surface area contributed by atoms with E-state index in [1.54, 1.807) is 25.1 Å². The van der Waals surface area contributed by atoms with Crippen LogP contribution in [-0.2, 0) is 0 Å². The summed E-state index contributed by atoms with van der Waals surface area (Å²) in [4.78, 5) is 0. The fourth-order valence-electron chi connectivity index (χ4n) is 1.84. The molecule has 84 valence electrons. The first-order valence-electron chi connectivity index (χ1n) is 5.08. The van der Waals surface area contributed by atoms with E-state index >= 15 is 0 Å². The highest BCUT2D eigenvalue weighted by Crippen LogP contribution is 2.28. The summed E-state index contributed by atoms with van der Waals surface area (Å²) in [6.45, 7) is 1.80. The molecule has 0 N–H and O–H groups in total. The lowest BCUT2D eigenvalue weighted by Crippen LogP contribution is -1.91. The molecule has 0 saturated carbocycles. The molecule has 0 bridgehead atoms. The third kappa shape index (κ3) is 2.16. The van der Waals surface area contributed by atoms with Crippen LogP contribution in [0.5, 0.6) is 0 Å². The first-order valence-corrected chi connectivity index (χ1v) is 5.08. The van der Waals surface area contributed by atoms with Crippen LogP contribution in [0.1, 0.15) is 11.1 Å². The summed E-state index contributed by atoms with van der Waals surface area (Å²) in [5.41, 5.74) is 2.19. The zero-order chi connectivity index (χ0) is 12.4. The van der Waals surface area contributed by atoms with Crippen LogP contribution in [0.15, 0.2) is 36.4 Å². The van der Waals surface area contributed by atoms with E-state index in [4.69, 9.17) is 5.26 Å². The monoisotopic (exact) mass is 229 g/mol. The van der Waals surface area contributed by atoms with Crippen molar-refractivity contribution in [3.05, 3.63) is 59.2 Å². The van der Waals surface area contributed by atoms with Crippen LogP contribution >= 0.6 is 0 Å². The molecule has 2 aromatic carbocycles. The molecular weight excluding hydrogens is 220 g/mol. The smallest absolute Gasteiger partial charge is 0.126 e. The van der Waals surface area contributed by atoms with Gasteiger partial charge in [0.1, 0.15) is 11.6 Å². The first-order chi connectivity index (χ1) is 8.11. The van der Waals surface area contributed by atoms with Crippen molar-refractivity contribution in [2.24, 2.45) is 0 Å². The van der Waals surface area contributed by atoms with Crippen LogP contribution in [0.25, 0.3) is 11.1 Å². The minimum absolute atomic E-state index is 0.386. The number of nitriles is 1. The second-order valence-electron chi connectivity index (χ2n) is 3.77. The fourth-order valence-corrected chi connectivity index (χ4v) is 1.84. The van der Waals surface area contributed by atoms with E-state index < -0.39 is 11.6 Å². The molecule has 17 heavy (non-hydrogen) atoms. The molecule has 0 saturated heterocycles. The Morgan fingerprint density at radius 1 is 1.06 bits per heavy atom. The van der Waals surface area contributed by atoms with Crippen molar-refractivity contribution in [3.8, 4) is 17.2 Å². The molecule has 1 nitrogen and oxygen atoms in total. The largest absolute Gasteiger partial charge is 0.207 e. The van der Waals surface area contributed by atoms with E-state index in [1.165, 1.54) is 12.1 Å². The molecule has 0 aliphatic carbocycles. The summed E-state index contributed by atoms with van der Waals surface area (Å²) < 4.78 is 26.3. The van der Waals surface area contributed by atoms with Crippen LogP contribution in [0, 0.1) is 29.9 Å². The first kappa shape index (κ1) is 11.3. The Bertz CT molecular complexity index is 592. The highest BCUT2D eigenvalue weighted by molar-refractivity contribution is 5.73. The van der Waals surface area contributed by atoms with Gasteiger partial charge in [-0.05, 0) is 36.2 Å². The summed E-state index contributed by atoms with van der Waals surface area (Å²) in [6.07, 6.45) is 0. The van der Waals surface area contributed by atoms with Crippen molar-refractivity contribution < 1.29 is 8.78 Å². The molecule has 0 aliphatic heterocycles. The number of halogens is 2. The topological polar surface area (TPSA) is 23.8 Å². The molecular formula is C14H9F2N. The molecule has 3 heteroatoms. The van der Waals surface area contributed by atoms with Crippen molar-refractivity contribution in [3.63, 3.8) is 0 Å². The molecule has 0 spiro atoms. The summed E-state index contributed by atoms with van der Waals surface area (Å²) in [7, 11) is 0. The van der Waals surface area contributed by atoms with E-state index in [2.05, 4.69) is 0 Å². The Morgan fingerprint density at radius 2 is 1.71 bits per heavy atom. The molecule has 0 aromatic heterocycles. The third-order valence-corrected chi connectivity index (χ3v) is 2.54. The molecule has 0 fully saturated rings. The summed E-state index contributed by atoms with van der Waals surface area (Å²) in [5, 5.41) is 9.01. The quantitative estimate of drug-likeness (QED) is 0.729. The highest BCUT2D eigenvalue weighted by Gasteiger charge is 2.10. The van der Waals surface area contributed by atoms with E-state index in [1.807, 2.05) is 6.07 Å². The van der Waals surface area contributed by atoms with Gasteiger partial charge < -0.3 is 0 Å². The molecule has 0 radical (unpaired) electrons. The van der Waals surface area contributed by atoms with Gasteiger partial charge in [-0.15, -0.1) is 0 Å². The summed E-state index contributed by atoms with van der Waals surface area (Å²) in [5.74, 6) is -1.29. The minimum Gasteiger partial charge on any atom is -0.207 e. The lowest BCUT2D eigenvalue weighted by molar-refractivity contribution is 0.584. The number of rotatable bonds is 1. The second-order valence-corrected chi connectivity index (χ2v) is 3.77. The fraction of sp³-hybridized carbons (Fsp3) is 0.0714. The zero-order valence-electron chi connectivity index (χ0n) is 9.17. The van der Waals surface area contributed by atoms with Gasteiger partial charge in [-0.3, -0.25) is 0 Å². The maximum absolute atomic E-state index is 13.2. The van der Waals surface area contributed by atoms with Gasteiger partial charge in [0.2, 0.25) is 0 Å². The molecule has 0 atom stereocenters. The molecule has 2 aromatic rings. The number of hydrogen-bond donors (Lipinski definition) is 0. The van der Waals surface area contributed by atoms with Crippen molar-refractivity contribution in [2.75, 3.05) is 0 Å². The van der Waals surface area contributed by atoms with Crippen LogP contribution in [-0.4, -0.2) is 0 Å².